The Labute approximate surface area is 131 Å². The molecule has 0 saturated carbocycles. The monoisotopic (exact) mass is 343 g/mol. The van der Waals surface area contributed by atoms with Gasteiger partial charge in [-0.3, -0.25) is 4.72 Å². The normalized spacial score (nSPS) is 13.7. The molecule has 0 radical (unpaired) electrons. The van der Waals surface area contributed by atoms with Crippen molar-refractivity contribution in [3.8, 4) is 11.5 Å². The molecule has 0 aromatic heterocycles. The quantitative estimate of drug-likeness (QED) is 0.930. The number of anilines is 1. The highest BCUT2D eigenvalue weighted by atomic mass is 35.5. The first kappa shape index (κ1) is 14.9. The van der Waals surface area contributed by atoms with E-state index >= 15 is 0 Å². The summed E-state index contributed by atoms with van der Waals surface area (Å²) in [5.41, 5.74) is 0.239. The number of rotatable bonds is 3. The summed E-state index contributed by atoms with van der Waals surface area (Å²) in [6.07, 6.45) is 0. The first-order valence-corrected chi connectivity index (χ1v) is 8.19. The zero-order valence-electron chi connectivity index (χ0n) is 11.2. The van der Waals surface area contributed by atoms with Crippen molar-refractivity contribution >= 4 is 27.3 Å². The van der Waals surface area contributed by atoms with Gasteiger partial charge in [0.05, 0.1) is 5.69 Å². The molecule has 3 rings (SSSR count). The van der Waals surface area contributed by atoms with E-state index in [1.54, 1.807) is 6.07 Å². The maximum Gasteiger partial charge on any atom is 0.264 e. The van der Waals surface area contributed by atoms with Gasteiger partial charge in [0, 0.05) is 11.1 Å². The second-order valence-corrected chi connectivity index (χ2v) is 6.63. The van der Waals surface area contributed by atoms with E-state index in [1.165, 1.54) is 18.2 Å². The SMILES string of the molecule is O=S(=O)(Nc1ccc2c(c1)OCCO2)c1cc(Cl)ccc1F. The van der Waals surface area contributed by atoms with Crippen LogP contribution >= 0.6 is 11.6 Å². The van der Waals surface area contributed by atoms with E-state index < -0.39 is 20.7 Å². The van der Waals surface area contributed by atoms with Crippen LogP contribution in [-0.4, -0.2) is 21.6 Å². The van der Waals surface area contributed by atoms with Crippen LogP contribution in [0.1, 0.15) is 0 Å². The van der Waals surface area contributed by atoms with Gasteiger partial charge in [0.2, 0.25) is 0 Å². The molecule has 1 aliphatic rings. The molecule has 8 heteroatoms. The molecule has 0 fully saturated rings. The third kappa shape index (κ3) is 2.95. The molecule has 0 spiro atoms. The average molecular weight is 344 g/mol. The number of sulfonamides is 1. The maximum atomic E-state index is 13.7. The number of halogens is 2. The Balaban J connectivity index is 1.93. The van der Waals surface area contributed by atoms with Gasteiger partial charge in [-0.05, 0) is 30.3 Å². The highest BCUT2D eigenvalue weighted by Crippen LogP contribution is 2.33. The average Bonchev–Trinajstić information content (AvgIpc) is 2.49. The Morgan fingerprint density at radius 2 is 1.77 bits per heavy atom. The lowest BCUT2D eigenvalue weighted by molar-refractivity contribution is 0.171. The van der Waals surface area contributed by atoms with Gasteiger partial charge < -0.3 is 9.47 Å². The predicted molar refractivity (Wildman–Crippen MR) is 79.7 cm³/mol. The van der Waals surface area contributed by atoms with Crippen molar-refractivity contribution in [1.82, 2.24) is 0 Å². The van der Waals surface area contributed by atoms with Gasteiger partial charge in [0.15, 0.2) is 11.5 Å². The fraction of sp³-hybridized carbons (Fsp3) is 0.143. The Bertz CT molecular complexity index is 826. The van der Waals surface area contributed by atoms with Crippen LogP contribution in [0.15, 0.2) is 41.3 Å². The lowest BCUT2D eigenvalue weighted by atomic mass is 10.3. The van der Waals surface area contributed by atoms with Crippen molar-refractivity contribution in [1.29, 1.82) is 0 Å². The second-order valence-electron chi connectivity index (χ2n) is 4.54. The molecule has 2 aromatic rings. The number of hydrogen-bond donors (Lipinski definition) is 1. The van der Waals surface area contributed by atoms with Crippen molar-refractivity contribution in [2.24, 2.45) is 0 Å². The third-order valence-electron chi connectivity index (χ3n) is 2.98. The van der Waals surface area contributed by atoms with E-state index in [4.69, 9.17) is 21.1 Å². The lowest BCUT2D eigenvalue weighted by Crippen LogP contribution is -2.17. The molecule has 5 nitrogen and oxygen atoms in total. The lowest BCUT2D eigenvalue weighted by Gasteiger charge is -2.19. The van der Waals surface area contributed by atoms with Crippen molar-refractivity contribution < 1.29 is 22.3 Å². The maximum absolute atomic E-state index is 13.7. The van der Waals surface area contributed by atoms with Gasteiger partial charge in [-0.2, -0.15) is 0 Å². The number of hydrogen-bond acceptors (Lipinski definition) is 4. The predicted octanol–water partition coefficient (Wildman–Crippen LogP) is 3.05. The molecule has 2 aromatic carbocycles. The van der Waals surface area contributed by atoms with Crippen LogP contribution in [0, 0.1) is 5.82 Å². The molecular formula is C14H11ClFNO4S. The molecule has 0 bridgehead atoms. The fourth-order valence-corrected chi connectivity index (χ4v) is 3.39. The molecule has 22 heavy (non-hydrogen) atoms. The Morgan fingerprint density at radius 1 is 1.05 bits per heavy atom. The minimum absolute atomic E-state index is 0.129. The summed E-state index contributed by atoms with van der Waals surface area (Å²) in [7, 11) is -4.10. The molecule has 1 aliphatic heterocycles. The van der Waals surface area contributed by atoms with Crippen LogP contribution in [0.2, 0.25) is 5.02 Å². The molecule has 0 saturated heterocycles. The van der Waals surface area contributed by atoms with E-state index in [9.17, 15) is 12.8 Å². The summed E-state index contributed by atoms with van der Waals surface area (Å²) < 4.78 is 51.3. The summed E-state index contributed by atoms with van der Waals surface area (Å²) in [5, 5.41) is 0.129. The molecule has 0 amide bonds. The van der Waals surface area contributed by atoms with Gasteiger partial charge in [-0.15, -0.1) is 0 Å². The Kier molecular flexibility index (Phi) is 3.84. The van der Waals surface area contributed by atoms with Crippen LogP contribution in [-0.2, 0) is 10.0 Å². The topological polar surface area (TPSA) is 64.6 Å². The third-order valence-corrected chi connectivity index (χ3v) is 4.61. The number of benzene rings is 2. The van der Waals surface area contributed by atoms with Crippen LogP contribution in [0.4, 0.5) is 10.1 Å². The van der Waals surface area contributed by atoms with Gasteiger partial charge >= 0.3 is 0 Å². The van der Waals surface area contributed by atoms with Gasteiger partial charge in [0.1, 0.15) is 23.9 Å². The fourth-order valence-electron chi connectivity index (χ4n) is 2.00. The first-order chi connectivity index (χ1) is 10.5. The van der Waals surface area contributed by atoms with E-state index in [1.807, 2.05) is 0 Å². The molecule has 0 aliphatic carbocycles. The van der Waals surface area contributed by atoms with E-state index in [0.717, 1.165) is 12.1 Å². The molecule has 1 N–H and O–H groups in total. The van der Waals surface area contributed by atoms with E-state index in [2.05, 4.69) is 4.72 Å². The molecule has 1 heterocycles. The minimum atomic E-state index is -4.10. The van der Waals surface area contributed by atoms with Crippen LogP contribution < -0.4 is 14.2 Å². The zero-order chi connectivity index (χ0) is 15.7. The number of fused-ring (bicyclic) bond motifs is 1. The van der Waals surface area contributed by atoms with E-state index in [-0.39, 0.29) is 10.7 Å². The smallest absolute Gasteiger partial charge is 0.264 e. The van der Waals surface area contributed by atoms with Crippen molar-refractivity contribution in [2.45, 2.75) is 4.90 Å². The van der Waals surface area contributed by atoms with Gasteiger partial charge in [-0.25, -0.2) is 12.8 Å². The highest BCUT2D eigenvalue weighted by molar-refractivity contribution is 7.92. The molecule has 0 atom stereocenters. The highest BCUT2D eigenvalue weighted by Gasteiger charge is 2.21. The minimum Gasteiger partial charge on any atom is -0.486 e. The molecule has 0 unspecified atom stereocenters. The summed E-state index contributed by atoms with van der Waals surface area (Å²) in [4.78, 5) is -0.519. The van der Waals surface area contributed by atoms with Crippen molar-refractivity contribution in [2.75, 3.05) is 17.9 Å². The molecule has 116 valence electrons. The number of nitrogens with one attached hydrogen (secondary N) is 1. The van der Waals surface area contributed by atoms with E-state index in [0.29, 0.717) is 24.7 Å². The zero-order valence-corrected chi connectivity index (χ0v) is 12.7. The summed E-state index contributed by atoms with van der Waals surface area (Å²) in [6.45, 7) is 0.817. The van der Waals surface area contributed by atoms with Gasteiger partial charge in [0.25, 0.3) is 10.0 Å². The summed E-state index contributed by atoms with van der Waals surface area (Å²) in [6, 6.07) is 7.90. The van der Waals surface area contributed by atoms with Crippen LogP contribution in [0.5, 0.6) is 11.5 Å². The summed E-state index contributed by atoms with van der Waals surface area (Å²) in [5.74, 6) is 0.0793. The molecular weight excluding hydrogens is 333 g/mol. The largest absolute Gasteiger partial charge is 0.486 e. The van der Waals surface area contributed by atoms with Crippen LogP contribution in [0.3, 0.4) is 0 Å². The standard InChI is InChI=1S/C14H11ClFNO4S/c15-9-1-3-11(16)14(7-9)22(18,19)17-10-2-4-12-13(8-10)21-6-5-20-12/h1-4,7-8,17H,5-6H2. The van der Waals surface area contributed by atoms with Crippen molar-refractivity contribution in [3.05, 3.63) is 47.2 Å². The Hall–Kier alpha value is -1.99. The van der Waals surface area contributed by atoms with Crippen molar-refractivity contribution in [3.63, 3.8) is 0 Å². The Morgan fingerprint density at radius 3 is 2.55 bits per heavy atom. The van der Waals surface area contributed by atoms with Gasteiger partial charge in [-0.1, -0.05) is 11.6 Å². The second kappa shape index (κ2) is 5.66. The summed E-state index contributed by atoms with van der Waals surface area (Å²) >= 11 is 5.73. The first-order valence-electron chi connectivity index (χ1n) is 6.33. The number of ether oxygens (including phenoxy) is 2. The van der Waals surface area contributed by atoms with Crippen LogP contribution in [0.25, 0.3) is 0 Å².